The molecule has 0 heterocycles. The van der Waals surface area contributed by atoms with E-state index in [1.165, 1.54) is 38.5 Å². The van der Waals surface area contributed by atoms with Crippen LogP contribution in [0.25, 0.3) is 0 Å². The molecule has 0 radical (unpaired) electrons. The Morgan fingerprint density at radius 3 is 0.912 bits per heavy atom. The van der Waals surface area contributed by atoms with E-state index in [1.54, 1.807) is 0 Å². The maximum absolute atomic E-state index is 13.2. The van der Waals surface area contributed by atoms with Crippen molar-refractivity contribution in [1.82, 2.24) is 37.2 Å². The number of amides is 8. The zero-order valence-electron chi connectivity index (χ0n) is 42.2. The second kappa shape index (κ2) is 43.9. The van der Waals surface area contributed by atoms with Crippen LogP contribution >= 0.6 is 0 Å². The lowest BCUT2D eigenvalue weighted by Crippen LogP contribution is -2.50. The lowest BCUT2D eigenvalue weighted by Gasteiger charge is -2.20. The summed E-state index contributed by atoms with van der Waals surface area (Å²) in [6.07, 6.45) is 19.9. The number of carbonyl (C=O) groups excluding carboxylic acids is 8. The van der Waals surface area contributed by atoms with E-state index in [0.717, 1.165) is 70.9 Å². The maximum atomic E-state index is 13.2. The first-order chi connectivity index (χ1) is 32.8. The Morgan fingerprint density at radius 1 is 0.353 bits per heavy atom. The Bertz CT molecular complexity index is 1410. The molecular weight excluding hydrogens is 873 g/mol. The molecule has 0 rings (SSSR count). The van der Waals surface area contributed by atoms with Crippen LogP contribution in [0.3, 0.4) is 0 Å². The number of nitrogens with one attached hydrogen (secondary N) is 7. The topological polar surface area (TPSA) is 357 Å². The fourth-order valence-corrected chi connectivity index (χ4v) is 7.61. The van der Waals surface area contributed by atoms with Gasteiger partial charge < -0.3 is 65.9 Å². The van der Waals surface area contributed by atoms with Crippen LogP contribution in [0.5, 0.6) is 0 Å². The molecule has 68 heavy (non-hydrogen) atoms. The third kappa shape index (κ3) is 35.7. The van der Waals surface area contributed by atoms with Gasteiger partial charge in [0.2, 0.25) is 47.3 Å². The SMILES string of the molecule is CCCCCCCCCCCC(=O)NC(CCCC[NH3+])C(=O)NCCCC(=O)NC(CCCC[NH3+])C(=O)NCCCC(=O)NC(CCCC[NH3+])C(=O)NCCCC(=O)NC(CCCC[NH3+])C(N)=O. The summed E-state index contributed by atoms with van der Waals surface area (Å²) in [5, 5.41) is 19.7. The number of primary amides is 1. The van der Waals surface area contributed by atoms with Crippen LogP contribution in [0, 0.1) is 0 Å². The van der Waals surface area contributed by atoms with Crippen molar-refractivity contribution in [1.29, 1.82) is 0 Å². The molecule has 0 spiro atoms. The quantitative estimate of drug-likeness (QED) is 0.0324. The summed E-state index contributed by atoms with van der Waals surface area (Å²) in [5.41, 5.74) is 20.8. The summed E-state index contributed by atoms with van der Waals surface area (Å²) >= 11 is 0. The van der Waals surface area contributed by atoms with Crippen LogP contribution in [0.1, 0.15) is 187 Å². The van der Waals surface area contributed by atoms with E-state index in [2.05, 4.69) is 67.1 Å². The second-order valence-electron chi connectivity index (χ2n) is 18.0. The van der Waals surface area contributed by atoms with E-state index in [1.807, 2.05) is 0 Å². The minimum Gasteiger partial charge on any atom is -0.368 e. The van der Waals surface area contributed by atoms with Gasteiger partial charge in [0.25, 0.3) is 0 Å². The molecule has 0 aliphatic rings. The highest BCUT2D eigenvalue weighted by atomic mass is 16.2. The van der Waals surface area contributed by atoms with E-state index in [9.17, 15) is 38.4 Å². The number of nitrogens with two attached hydrogens (primary N) is 1. The van der Waals surface area contributed by atoms with Gasteiger partial charge in [-0.3, -0.25) is 38.4 Å². The van der Waals surface area contributed by atoms with Gasteiger partial charge in [0.1, 0.15) is 24.2 Å². The highest BCUT2D eigenvalue weighted by Crippen LogP contribution is 2.11. The fraction of sp³-hybridized carbons (Fsp3) is 0.833. The van der Waals surface area contributed by atoms with Gasteiger partial charge in [0.05, 0.1) is 26.2 Å². The average Bonchev–Trinajstić information content (AvgIpc) is 3.31. The normalized spacial score (nSPS) is 12.8. The number of unbranched alkanes of at least 4 members (excludes halogenated alkanes) is 12. The molecule has 0 aromatic carbocycles. The number of quaternary nitrogens is 4. The summed E-state index contributed by atoms with van der Waals surface area (Å²) in [6.45, 7) is 5.68. The van der Waals surface area contributed by atoms with E-state index >= 15 is 0 Å². The van der Waals surface area contributed by atoms with Crippen molar-refractivity contribution in [2.24, 2.45) is 5.73 Å². The molecule has 394 valence electrons. The molecule has 20 heteroatoms. The molecule has 0 saturated carbocycles. The van der Waals surface area contributed by atoms with Crippen LogP contribution < -0.4 is 65.9 Å². The van der Waals surface area contributed by atoms with Crippen molar-refractivity contribution in [3.63, 3.8) is 0 Å². The lowest BCUT2D eigenvalue weighted by atomic mass is 10.1. The third-order valence-corrected chi connectivity index (χ3v) is 11.8. The molecule has 0 saturated heterocycles. The van der Waals surface area contributed by atoms with Gasteiger partial charge in [0, 0.05) is 45.3 Å². The lowest BCUT2D eigenvalue weighted by molar-refractivity contribution is -0.368. The summed E-state index contributed by atoms with van der Waals surface area (Å²) in [6, 6.07) is -2.96. The van der Waals surface area contributed by atoms with Gasteiger partial charge >= 0.3 is 0 Å². The van der Waals surface area contributed by atoms with Crippen molar-refractivity contribution >= 4 is 47.3 Å². The minimum absolute atomic E-state index is 0.0548. The first-order valence-electron chi connectivity index (χ1n) is 26.3. The van der Waals surface area contributed by atoms with Crippen LogP contribution in [0.15, 0.2) is 0 Å². The highest BCUT2D eigenvalue weighted by Gasteiger charge is 2.24. The standard InChI is InChI=1S/C48H94N12O8/c1-2-3-4-5-6-7-8-9-10-26-41(61)58-38(23-12-16-31-50)46(66)55-35-20-28-43(63)60-40(25-14-18-33-52)48(68)56-36-21-29-44(64)59-39(24-13-17-32-51)47(67)54-34-19-27-42(62)57-37(45(53)65)22-11-15-30-49/h37-40H,2-36,49-52H2,1H3,(H2,53,65)(H,54,67)(H,55,66)(H,56,68)(H,57,62)(H,58,61)(H,59,64)(H,60,63)/p+4. The molecule has 0 aliphatic carbocycles. The van der Waals surface area contributed by atoms with Gasteiger partial charge in [0.15, 0.2) is 0 Å². The molecule has 4 atom stereocenters. The smallest absolute Gasteiger partial charge is 0.242 e. The third-order valence-electron chi connectivity index (χ3n) is 11.8. The molecule has 21 N–H and O–H groups in total. The number of rotatable bonds is 46. The molecule has 4 unspecified atom stereocenters. The first kappa shape index (κ1) is 63.6. The number of carbonyl (C=O) groups is 8. The average molecular weight is 971 g/mol. The van der Waals surface area contributed by atoms with E-state index < -0.39 is 30.1 Å². The van der Waals surface area contributed by atoms with Gasteiger partial charge in [-0.2, -0.15) is 0 Å². The highest BCUT2D eigenvalue weighted by molar-refractivity contribution is 5.89. The summed E-state index contributed by atoms with van der Waals surface area (Å²) in [5.74, 6) is -2.73. The molecule has 0 aromatic heterocycles. The summed E-state index contributed by atoms with van der Waals surface area (Å²) in [7, 11) is 0. The largest absolute Gasteiger partial charge is 0.368 e. The molecule has 20 nitrogen and oxygen atoms in total. The van der Waals surface area contributed by atoms with E-state index in [4.69, 9.17) is 5.73 Å². The van der Waals surface area contributed by atoms with Crippen LogP contribution in [-0.4, -0.2) is 117 Å². The van der Waals surface area contributed by atoms with E-state index in [0.29, 0.717) is 77.3 Å². The summed E-state index contributed by atoms with van der Waals surface area (Å²) in [4.78, 5) is 102. The fourth-order valence-electron chi connectivity index (χ4n) is 7.61. The van der Waals surface area contributed by atoms with Crippen LogP contribution in [0.4, 0.5) is 0 Å². The van der Waals surface area contributed by atoms with Crippen LogP contribution in [0.2, 0.25) is 0 Å². The Kier molecular flexibility index (Phi) is 41.0. The Morgan fingerprint density at radius 2 is 0.618 bits per heavy atom. The number of hydrogen-bond acceptors (Lipinski definition) is 8. The van der Waals surface area contributed by atoms with Gasteiger partial charge in [-0.05, 0) is 103 Å². The second-order valence-corrected chi connectivity index (χ2v) is 18.0. The Balaban J connectivity index is 4.92. The van der Waals surface area contributed by atoms with Crippen molar-refractivity contribution in [3.8, 4) is 0 Å². The number of hydrogen-bond donors (Lipinski definition) is 12. The van der Waals surface area contributed by atoms with Crippen molar-refractivity contribution in [2.45, 2.75) is 211 Å². The molecule has 0 bridgehead atoms. The van der Waals surface area contributed by atoms with Crippen molar-refractivity contribution in [2.75, 3.05) is 45.8 Å². The molecule has 8 amide bonds. The molecule has 0 fully saturated rings. The monoisotopic (exact) mass is 971 g/mol. The van der Waals surface area contributed by atoms with Crippen LogP contribution in [-0.2, 0) is 38.4 Å². The van der Waals surface area contributed by atoms with Crippen molar-refractivity contribution < 1.29 is 61.3 Å². The summed E-state index contributed by atoms with van der Waals surface area (Å²) < 4.78 is 0. The van der Waals surface area contributed by atoms with Crippen molar-refractivity contribution in [3.05, 3.63) is 0 Å². The molecule has 0 aromatic rings. The maximum Gasteiger partial charge on any atom is 0.242 e. The Labute approximate surface area is 407 Å². The van der Waals surface area contributed by atoms with Gasteiger partial charge in [-0.15, -0.1) is 0 Å². The molecular formula is C48H98N12O8+4. The zero-order valence-corrected chi connectivity index (χ0v) is 42.2. The molecule has 0 aliphatic heterocycles. The van der Waals surface area contributed by atoms with Gasteiger partial charge in [-0.25, -0.2) is 0 Å². The van der Waals surface area contributed by atoms with E-state index in [-0.39, 0.29) is 80.2 Å². The Hall–Kier alpha value is -4.40. The zero-order chi connectivity index (χ0) is 50.6. The predicted molar refractivity (Wildman–Crippen MR) is 262 cm³/mol. The predicted octanol–water partition coefficient (Wildman–Crippen LogP) is -1.33. The first-order valence-corrected chi connectivity index (χ1v) is 26.3. The van der Waals surface area contributed by atoms with Gasteiger partial charge in [-0.1, -0.05) is 58.3 Å². The minimum atomic E-state index is -0.782.